The number of methoxy groups -OCH3 is 1. The Kier molecular flexibility index (Phi) is 6.69. The fourth-order valence-corrected chi connectivity index (χ4v) is 3.38. The third-order valence-corrected chi connectivity index (χ3v) is 5.03. The predicted octanol–water partition coefficient (Wildman–Crippen LogP) is 3.35. The van der Waals surface area contributed by atoms with Crippen molar-refractivity contribution in [1.29, 1.82) is 0 Å². The number of Topliss-reactive ketones (excluding diaryl/α,β-unsaturated/α-hetero) is 1. The Morgan fingerprint density at radius 1 is 1.16 bits per heavy atom. The molecule has 0 fully saturated rings. The van der Waals surface area contributed by atoms with E-state index >= 15 is 0 Å². The van der Waals surface area contributed by atoms with Gasteiger partial charge in [0.15, 0.2) is 6.10 Å². The average Bonchev–Trinajstić information content (AvgIpc) is 3.36. The van der Waals surface area contributed by atoms with E-state index in [1.54, 1.807) is 24.7 Å². The number of esters is 2. The minimum Gasteiger partial charge on any atom is -0.465 e. The fourth-order valence-electron chi connectivity index (χ4n) is 3.38. The molecular weight excluding hydrogens is 398 g/mol. The first-order valence-electron chi connectivity index (χ1n) is 9.92. The number of aromatic nitrogens is 3. The number of aromatic amines is 1. The van der Waals surface area contributed by atoms with Gasteiger partial charge in [-0.05, 0) is 50.5 Å². The SMILES string of the molecule is COC(=O)c1c(C)[nH]c(C(=O)C(C)OC(=O)CCc2cnn(-c3ccccc3)c2)c1C. The summed E-state index contributed by atoms with van der Waals surface area (Å²) in [5.74, 6) is -1.41. The van der Waals surface area contributed by atoms with Crippen LogP contribution in [0.15, 0.2) is 42.7 Å². The van der Waals surface area contributed by atoms with E-state index < -0.39 is 23.8 Å². The van der Waals surface area contributed by atoms with Gasteiger partial charge in [-0.15, -0.1) is 0 Å². The number of aryl methyl sites for hydroxylation is 2. The van der Waals surface area contributed by atoms with Gasteiger partial charge in [-0.2, -0.15) is 5.10 Å². The van der Waals surface area contributed by atoms with E-state index in [2.05, 4.69) is 10.1 Å². The lowest BCUT2D eigenvalue weighted by Gasteiger charge is -2.12. The molecule has 0 spiro atoms. The second-order valence-electron chi connectivity index (χ2n) is 7.24. The van der Waals surface area contributed by atoms with Crippen molar-refractivity contribution in [1.82, 2.24) is 14.8 Å². The molecule has 0 saturated heterocycles. The lowest BCUT2D eigenvalue weighted by molar-refractivity contribution is -0.146. The molecule has 0 bridgehead atoms. The number of nitrogens with one attached hydrogen (secondary N) is 1. The molecule has 3 rings (SSSR count). The van der Waals surface area contributed by atoms with E-state index in [4.69, 9.17) is 9.47 Å². The minimum absolute atomic E-state index is 0.119. The smallest absolute Gasteiger partial charge is 0.339 e. The van der Waals surface area contributed by atoms with Crippen LogP contribution in [0, 0.1) is 13.8 Å². The third kappa shape index (κ3) is 4.91. The molecule has 8 nitrogen and oxygen atoms in total. The molecule has 0 saturated carbocycles. The second-order valence-corrected chi connectivity index (χ2v) is 7.24. The van der Waals surface area contributed by atoms with Crippen molar-refractivity contribution in [3.63, 3.8) is 0 Å². The number of nitrogens with zero attached hydrogens (tertiary/aromatic N) is 2. The van der Waals surface area contributed by atoms with E-state index in [-0.39, 0.29) is 12.1 Å². The Morgan fingerprint density at radius 3 is 2.55 bits per heavy atom. The lowest BCUT2D eigenvalue weighted by Crippen LogP contribution is -2.25. The van der Waals surface area contributed by atoms with Crippen molar-refractivity contribution in [2.45, 2.75) is 39.7 Å². The van der Waals surface area contributed by atoms with Crippen LogP contribution >= 0.6 is 0 Å². The zero-order valence-electron chi connectivity index (χ0n) is 18.0. The molecule has 0 aliphatic carbocycles. The lowest BCUT2D eigenvalue weighted by atomic mass is 10.1. The molecule has 0 aliphatic rings. The van der Waals surface area contributed by atoms with Crippen molar-refractivity contribution in [2.75, 3.05) is 7.11 Å². The first-order chi connectivity index (χ1) is 14.8. The van der Waals surface area contributed by atoms with Gasteiger partial charge in [-0.25, -0.2) is 9.48 Å². The number of ketones is 1. The maximum atomic E-state index is 12.7. The van der Waals surface area contributed by atoms with Crippen LogP contribution in [0.2, 0.25) is 0 Å². The molecular formula is C23H25N3O5. The van der Waals surface area contributed by atoms with Gasteiger partial charge in [0.2, 0.25) is 5.78 Å². The highest BCUT2D eigenvalue weighted by atomic mass is 16.5. The van der Waals surface area contributed by atoms with Crippen molar-refractivity contribution in [3.05, 3.63) is 70.8 Å². The monoisotopic (exact) mass is 423 g/mol. The number of rotatable bonds is 8. The van der Waals surface area contributed by atoms with Crippen molar-refractivity contribution in [2.24, 2.45) is 0 Å². The minimum atomic E-state index is -0.984. The Labute approximate surface area is 180 Å². The number of ether oxygens (including phenoxy) is 2. The molecule has 162 valence electrons. The average molecular weight is 423 g/mol. The van der Waals surface area contributed by atoms with Crippen LogP contribution in [0.3, 0.4) is 0 Å². The highest BCUT2D eigenvalue weighted by molar-refractivity contribution is 6.03. The molecule has 0 aliphatic heterocycles. The summed E-state index contributed by atoms with van der Waals surface area (Å²) in [7, 11) is 1.28. The van der Waals surface area contributed by atoms with E-state index in [1.165, 1.54) is 14.0 Å². The molecule has 3 aromatic rings. The topological polar surface area (TPSA) is 103 Å². The van der Waals surface area contributed by atoms with Crippen LogP contribution in [0.1, 0.15) is 51.0 Å². The van der Waals surface area contributed by atoms with Gasteiger partial charge in [-0.1, -0.05) is 18.2 Å². The molecule has 2 aromatic heterocycles. The van der Waals surface area contributed by atoms with Crippen molar-refractivity contribution >= 4 is 17.7 Å². The van der Waals surface area contributed by atoms with Crippen LogP contribution in [-0.4, -0.2) is 45.7 Å². The van der Waals surface area contributed by atoms with Crippen LogP contribution in [0.5, 0.6) is 0 Å². The van der Waals surface area contributed by atoms with E-state index in [1.807, 2.05) is 36.5 Å². The van der Waals surface area contributed by atoms with E-state index in [0.717, 1.165) is 11.3 Å². The summed E-state index contributed by atoms with van der Waals surface area (Å²) < 4.78 is 11.8. The standard InChI is InChI=1S/C23H25N3O5/c1-14-20(23(29)30-4)15(2)25-21(14)22(28)16(3)31-19(27)11-10-17-12-24-26(13-17)18-8-6-5-7-9-18/h5-9,12-13,16,25H,10-11H2,1-4H3. The van der Waals surface area contributed by atoms with Gasteiger partial charge in [0.05, 0.1) is 30.3 Å². The molecule has 1 atom stereocenters. The Morgan fingerprint density at radius 2 is 1.87 bits per heavy atom. The van der Waals surface area contributed by atoms with Gasteiger partial charge in [0.1, 0.15) is 0 Å². The molecule has 0 radical (unpaired) electrons. The van der Waals surface area contributed by atoms with Crippen LogP contribution in [-0.2, 0) is 20.7 Å². The number of benzene rings is 1. The summed E-state index contributed by atoms with van der Waals surface area (Å²) in [6, 6.07) is 9.66. The highest BCUT2D eigenvalue weighted by Gasteiger charge is 2.27. The largest absolute Gasteiger partial charge is 0.465 e. The Bertz CT molecular complexity index is 1100. The van der Waals surface area contributed by atoms with Crippen LogP contribution < -0.4 is 0 Å². The maximum absolute atomic E-state index is 12.7. The first-order valence-corrected chi connectivity index (χ1v) is 9.92. The van der Waals surface area contributed by atoms with Gasteiger partial charge < -0.3 is 14.5 Å². The van der Waals surface area contributed by atoms with Gasteiger partial charge >= 0.3 is 11.9 Å². The molecule has 1 aromatic carbocycles. The van der Waals surface area contributed by atoms with Gasteiger partial charge in [0, 0.05) is 18.3 Å². The molecule has 31 heavy (non-hydrogen) atoms. The number of hydrogen-bond acceptors (Lipinski definition) is 6. The zero-order chi connectivity index (χ0) is 22.5. The molecule has 8 heteroatoms. The highest BCUT2D eigenvalue weighted by Crippen LogP contribution is 2.21. The molecule has 1 N–H and O–H groups in total. The number of hydrogen-bond donors (Lipinski definition) is 1. The zero-order valence-corrected chi connectivity index (χ0v) is 18.0. The summed E-state index contributed by atoms with van der Waals surface area (Å²) in [4.78, 5) is 39.8. The predicted molar refractivity (Wildman–Crippen MR) is 113 cm³/mol. The van der Waals surface area contributed by atoms with E-state index in [0.29, 0.717) is 23.2 Å². The summed E-state index contributed by atoms with van der Waals surface area (Å²) >= 11 is 0. The van der Waals surface area contributed by atoms with Crippen molar-refractivity contribution in [3.8, 4) is 5.69 Å². The second kappa shape index (κ2) is 9.42. The molecule has 2 heterocycles. The van der Waals surface area contributed by atoms with Crippen LogP contribution in [0.4, 0.5) is 0 Å². The number of para-hydroxylation sites is 1. The summed E-state index contributed by atoms with van der Waals surface area (Å²) in [6.45, 7) is 4.85. The number of carbonyl (C=O) groups excluding carboxylic acids is 3. The maximum Gasteiger partial charge on any atom is 0.339 e. The third-order valence-electron chi connectivity index (χ3n) is 5.03. The van der Waals surface area contributed by atoms with Gasteiger partial charge in [-0.3, -0.25) is 9.59 Å². The first kappa shape index (κ1) is 22.0. The Hall–Kier alpha value is -3.68. The Balaban J connectivity index is 1.58. The molecule has 1 unspecified atom stereocenters. The van der Waals surface area contributed by atoms with Crippen LogP contribution in [0.25, 0.3) is 5.69 Å². The summed E-state index contributed by atoms with van der Waals surface area (Å²) in [5.41, 5.74) is 3.38. The van der Waals surface area contributed by atoms with Crippen molar-refractivity contribution < 1.29 is 23.9 Å². The molecule has 0 amide bonds. The summed E-state index contributed by atoms with van der Waals surface area (Å²) in [5, 5.41) is 4.30. The number of carbonyl (C=O) groups is 3. The number of H-pyrrole nitrogens is 1. The van der Waals surface area contributed by atoms with Gasteiger partial charge in [0.25, 0.3) is 0 Å². The summed E-state index contributed by atoms with van der Waals surface area (Å²) in [6.07, 6.45) is 3.14. The normalized spacial score (nSPS) is 11.7. The quantitative estimate of drug-likeness (QED) is 0.440. The van der Waals surface area contributed by atoms with E-state index in [9.17, 15) is 14.4 Å². The fraction of sp³-hybridized carbons (Fsp3) is 0.304.